The molecular weight excluding hydrogens is 270 g/mol. The number of amides is 1. The fraction of sp³-hybridized carbons (Fsp3) is 0.600. The lowest BCUT2D eigenvalue weighted by Crippen LogP contribution is -2.45. The Kier molecular flexibility index (Phi) is 3.89. The normalized spacial score (nSPS) is 27.0. The van der Waals surface area contributed by atoms with Gasteiger partial charge in [0.25, 0.3) is 0 Å². The number of likely N-dealkylation sites (N-methyl/N-ethyl adjacent to an activating group) is 1. The summed E-state index contributed by atoms with van der Waals surface area (Å²) >= 11 is 1.59. The van der Waals surface area contributed by atoms with Crippen LogP contribution >= 0.6 is 11.3 Å². The minimum atomic E-state index is -0.226. The van der Waals surface area contributed by atoms with E-state index in [-0.39, 0.29) is 18.0 Å². The third kappa shape index (κ3) is 2.40. The van der Waals surface area contributed by atoms with E-state index in [1.807, 2.05) is 12.6 Å². The summed E-state index contributed by atoms with van der Waals surface area (Å²) in [6.45, 7) is 2.95. The molecule has 108 valence electrons. The highest BCUT2D eigenvalue weighted by Crippen LogP contribution is 2.31. The van der Waals surface area contributed by atoms with Crippen molar-refractivity contribution in [1.82, 2.24) is 15.2 Å². The summed E-state index contributed by atoms with van der Waals surface area (Å²) in [7, 11) is 1.86. The van der Waals surface area contributed by atoms with Crippen LogP contribution in [0.1, 0.15) is 42.8 Å². The van der Waals surface area contributed by atoms with E-state index in [0.717, 1.165) is 30.0 Å². The summed E-state index contributed by atoms with van der Waals surface area (Å²) < 4.78 is 0. The average molecular weight is 291 g/mol. The molecule has 1 aromatic heterocycles. The van der Waals surface area contributed by atoms with E-state index in [0.29, 0.717) is 0 Å². The van der Waals surface area contributed by atoms with Crippen LogP contribution in [0.2, 0.25) is 0 Å². The Morgan fingerprint density at radius 3 is 3.05 bits per heavy atom. The molecule has 4 nitrogen and oxygen atoms in total. The largest absolute Gasteiger partial charge is 0.334 e. The van der Waals surface area contributed by atoms with Gasteiger partial charge in [-0.3, -0.25) is 4.79 Å². The Bertz CT molecular complexity index is 537. The van der Waals surface area contributed by atoms with Gasteiger partial charge in [-0.05, 0) is 33.2 Å². The fourth-order valence-electron chi connectivity index (χ4n) is 3.23. The van der Waals surface area contributed by atoms with Crippen LogP contribution in [0.4, 0.5) is 0 Å². The molecule has 20 heavy (non-hydrogen) atoms. The van der Waals surface area contributed by atoms with Crippen LogP contribution in [0.3, 0.4) is 0 Å². The summed E-state index contributed by atoms with van der Waals surface area (Å²) in [6.07, 6.45) is 6.58. The zero-order valence-corrected chi connectivity index (χ0v) is 12.9. The second kappa shape index (κ2) is 5.66. The molecule has 3 rings (SSSR count). The first-order valence-corrected chi connectivity index (χ1v) is 8.16. The zero-order chi connectivity index (χ0) is 14.1. The quantitative estimate of drug-likeness (QED) is 0.850. The fourth-order valence-corrected chi connectivity index (χ4v) is 4.17. The van der Waals surface area contributed by atoms with E-state index in [1.54, 1.807) is 11.3 Å². The highest BCUT2D eigenvalue weighted by Gasteiger charge is 2.34. The van der Waals surface area contributed by atoms with Crippen molar-refractivity contribution >= 4 is 17.2 Å². The molecule has 0 aromatic carbocycles. The second-order valence-electron chi connectivity index (χ2n) is 5.64. The topological polar surface area (TPSA) is 45.2 Å². The third-order valence-electron chi connectivity index (χ3n) is 4.29. The van der Waals surface area contributed by atoms with Crippen molar-refractivity contribution in [3.63, 3.8) is 0 Å². The van der Waals surface area contributed by atoms with Gasteiger partial charge in [0.15, 0.2) is 0 Å². The summed E-state index contributed by atoms with van der Waals surface area (Å²) in [4.78, 5) is 20.4. The molecule has 2 atom stereocenters. The SMILES string of the molecule is CNC1C(=O)N(C2C=C(C)CCC2)CCc2ncsc21. The van der Waals surface area contributed by atoms with Crippen molar-refractivity contribution in [2.75, 3.05) is 13.6 Å². The molecule has 0 bridgehead atoms. The van der Waals surface area contributed by atoms with E-state index in [9.17, 15) is 4.79 Å². The third-order valence-corrected chi connectivity index (χ3v) is 5.23. The van der Waals surface area contributed by atoms with Crippen molar-refractivity contribution in [2.24, 2.45) is 0 Å². The molecule has 2 unspecified atom stereocenters. The maximum Gasteiger partial charge on any atom is 0.245 e. The molecule has 0 saturated carbocycles. The van der Waals surface area contributed by atoms with E-state index >= 15 is 0 Å². The van der Waals surface area contributed by atoms with Crippen molar-refractivity contribution in [3.8, 4) is 0 Å². The van der Waals surface area contributed by atoms with Gasteiger partial charge in [0, 0.05) is 13.0 Å². The number of aromatic nitrogens is 1. The van der Waals surface area contributed by atoms with Crippen molar-refractivity contribution in [2.45, 2.75) is 44.7 Å². The summed E-state index contributed by atoms with van der Waals surface area (Å²) in [5, 5.41) is 3.17. The Morgan fingerprint density at radius 1 is 1.45 bits per heavy atom. The van der Waals surface area contributed by atoms with Gasteiger partial charge >= 0.3 is 0 Å². The number of thiazole rings is 1. The van der Waals surface area contributed by atoms with Gasteiger partial charge in [0.05, 0.1) is 22.1 Å². The van der Waals surface area contributed by atoms with E-state index in [4.69, 9.17) is 0 Å². The zero-order valence-electron chi connectivity index (χ0n) is 12.1. The standard InChI is InChI=1S/C15H21N3OS/c1-10-4-3-5-11(8-10)18-7-6-12-14(20-9-17-12)13(16-2)15(18)19/h8-9,11,13,16H,3-7H2,1-2H3. The first-order chi connectivity index (χ1) is 9.70. The monoisotopic (exact) mass is 291 g/mol. The van der Waals surface area contributed by atoms with Crippen LogP contribution in [0, 0.1) is 0 Å². The lowest BCUT2D eigenvalue weighted by molar-refractivity contribution is -0.134. The second-order valence-corrected chi connectivity index (χ2v) is 6.53. The van der Waals surface area contributed by atoms with Gasteiger partial charge in [-0.2, -0.15) is 0 Å². The Labute approximate surface area is 123 Å². The van der Waals surface area contributed by atoms with Crippen molar-refractivity contribution in [3.05, 3.63) is 27.7 Å². The molecule has 1 aromatic rings. The number of carbonyl (C=O) groups is 1. The van der Waals surface area contributed by atoms with Gasteiger partial charge in [-0.25, -0.2) is 4.98 Å². The average Bonchev–Trinajstić information content (AvgIpc) is 2.84. The molecule has 1 N–H and O–H groups in total. The summed E-state index contributed by atoms with van der Waals surface area (Å²) in [6, 6.07) is 0.0386. The van der Waals surface area contributed by atoms with Crippen molar-refractivity contribution in [1.29, 1.82) is 0 Å². The van der Waals surface area contributed by atoms with Crippen LogP contribution in [-0.2, 0) is 11.2 Å². The summed E-state index contributed by atoms with van der Waals surface area (Å²) in [5.41, 5.74) is 4.34. The molecule has 2 aliphatic rings. The number of carbonyl (C=O) groups excluding carboxylic acids is 1. The number of nitrogens with one attached hydrogen (secondary N) is 1. The Morgan fingerprint density at radius 2 is 2.30 bits per heavy atom. The van der Waals surface area contributed by atoms with Gasteiger partial charge in [-0.15, -0.1) is 11.3 Å². The first kappa shape index (κ1) is 13.8. The van der Waals surface area contributed by atoms with Crippen LogP contribution < -0.4 is 5.32 Å². The number of rotatable bonds is 2. The van der Waals surface area contributed by atoms with Gasteiger partial charge in [0.1, 0.15) is 6.04 Å². The maximum atomic E-state index is 12.9. The highest BCUT2D eigenvalue weighted by atomic mass is 32.1. The molecule has 0 saturated heterocycles. The van der Waals surface area contributed by atoms with E-state index in [2.05, 4.69) is 28.2 Å². The number of allylic oxidation sites excluding steroid dienone is 1. The van der Waals surface area contributed by atoms with Crippen LogP contribution in [-0.4, -0.2) is 35.4 Å². The van der Waals surface area contributed by atoms with Crippen LogP contribution in [0.5, 0.6) is 0 Å². The number of hydrogen-bond donors (Lipinski definition) is 1. The molecule has 0 spiro atoms. The number of nitrogens with zero attached hydrogens (tertiary/aromatic N) is 2. The van der Waals surface area contributed by atoms with E-state index in [1.165, 1.54) is 18.4 Å². The lowest BCUT2D eigenvalue weighted by Gasteiger charge is -2.33. The minimum Gasteiger partial charge on any atom is -0.334 e. The van der Waals surface area contributed by atoms with Gasteiger partial charge < -0.3 is 10.2 Å². The van der Waals surface area contributed by atoms with Crippen molar-refractivity contribution < 1.29 is 4.79 Å². The lowest BCUT2D eigenvalue weighted by atomic mass is 9.95. The first-order valence-electron chi connectivity index (χ1n) is 7.28. The number of hydrogen-bond acceptors (Lipinski definition) is 4. The molecule has 0 fully saturated rings. The van der Waals surface area contributed by atoms with Crippen LogP contribution in [0.15, 0.2) is 17.2 Å². The highest BCUT2D eigenvalue weighted by molar-refractivity contribution is 7.10. The molecular formula is C15H21N3OS. The summed E-state index contributed by atoms with van der Waals surface area (Å²) in [5.74, 6) is 0.200. The Balaban J connectivity index is 1.89. The molecule has 1 amide bonds. The predicted molar refractivity (Wildman–Crippen MR) is 80.7 cm³/mol. The Hall–Kier alpha value is -1.20. The van der Waals surface area contributed by atoms with Gasteiger partial charge in [-0.1, -0.05) is 11.6 Å². The van der Waals surface area contributed by atoms with E-state index < -0.39 is 0 Å². The molecule has 0 radical (unpaired) electrons. The number of fused-ring (bicyclic) bond motifs is 1. The molecule has 2 heterocycles. The molecule has 1 aliphatic heterocycles. The maximum absolute atomic E-state index is 12.9. The smallest absolute Gasteiger partial charge is 0.245 e. The molecule has 5 heteroatoms. The minimum absolute atomic E-state index is 0.200. The van der Waals surface area contributed by atoms with Crippen LogP contribution in [0.25, 0.3) is 0 Å². The predicted octanol–water partition coefficient (Wildman–Crippen LogP) is 2.29. The molecule has 1 aliphatic carbocycles. The van der Waals surface area contributed by atoms with Gasteiger partial charge in [0.2, 0.25) is 5.91 Å².